The summed E-state index contributed by atoms with van der Waals surface area (Å²) in [5, 5.41) is 10.2. The van der Waals surface area contributed by atoms with Gasteiger partial charge in [-0.05, 0) is 60.0 Å². The summed E-state index contributed by atoms with van der Waals surface area (Å²) in [5.74, 6) is 0.162. The van der Waals surface area contributed by atoms with Gasteiger partial charge in [0.25, 0.3) is 0 Å². The molecular weight excluding hydrogens is 455 g/mol. The molecule has 0 aliphatic carbocycles. The van der Waals surface area contributed by atoms with Crippen LogP contribution in [0.3, 0.4) is 0 Å². The number of ether oxygens (including phenoxy) is 1. The van der Waals surface area contributed by atoms with Crippen LogP contribution in [0.5, 0.6) is 5.75 Å². The maximum absolute atomic E-state index is 14.6. The van der Waals surface area contributed by atoms with Crippen molar-refractivity contribution < 1.29 is 22.7 Å². The van der Waals surface area contributed by atoms with Crippen molar-refractivity contribution in [1.82, 2.24) is 4.31 Å². The minimum atomic E-state index is -3.81. The third-order valence-corrected chi connectivity index (χ3v) is 9.05. The lowest BCUT2D eigenvalue weighted by Gasteiger charge is -2.44. The summed E-state index contributed by atoms with van der Waals surface area (Å²) in [6, 6.07) is 17.9. The lowest BCUT2D eigenvalue weighted by molar-refractivity contribution is 0.193. The molecule has 2 heterocycles. The molecule has 1 saturated heterocycles. The summed E-state index contributed by atoms with van der Waals surface area (Å²) in [7, 11) is -0.358. The highest BCUT2D eigenvalue weighted by molar-refractivity contribution is 7.89. The number of likely N-dealkylation sites (N-methyl/N-ethyl adjacent to an activating group) is 1. The normalized spacial score (nSPS) is 22.4. The van der Waals surface area contributed by atoms with E-state index in [1.807, 2.05) is 30.1 Å². The highest BCUT2D eigenvalue weighted by Crippen LogP contribution is 2.51. The van der Waals surface area contributed by atoms with Gasteiger partial charge < -0.3 is 14.7 Å². The summed E-state index contributed by atoms with van der Waals surface area (Å²) < 4.78 is 48.7. The Hall–Kier alpha value is -2.94. The van der Waals surface area contributed by atoms with Gasteiger partial charge in [-0.25, -0.2) is 12.8 Å². The Kier molecular flexibility index (Phi) is 5.83. The Morgan fingerprint density at radius 3 is 2.50 bits per heavy atom. The zero-order valence-electron chi connectivity index (χ0n) is 19.1. The van der Waals surface area contributed by atoms with E-state index in [1.54, 1.807) is 46.8 Å². The first-order valence-electron chi connectivity index (χ1n) is 11.2. The lowest BCUT2D eigenvalue weighted by atomic mass is 9.81. The molecule has 3 aromatic rings. The van der Waals surface area contributed by atoms with Gasteiger partial charge in [0.05, 0.1) is 30.7 Å². The van der Waals surface area contributed by atoms with E-state index in [-0.39, 0.29) is 29.3 Å². The van der Waals surface area contributed by atoms with Crippen molar-refractivity contribution in [2.45, 2.75) is 23.4 Å². The molecule has 0 radical (unpaired) electrons. The third kappa shape index (κ3) is 3.57. The molecule has 0 saturated carbocycles. The van der Waals surface area contributed by atoms with E-state index in [0.717, 1.165) is 11.3 Å². The monoisotopic (exact) mass is 482 g/mol. The second-order valence-electron chi connectivity index (χ2n) is 8.80. The molecule has 0 aromatic heterocycles. The zero-order valence-corrected chi connectivity index (χ0v) is 19.9. The molecule has 0 amide bonds. The van der Waals surface area contributed by atoms with Crippen LogP contribution >= 0.6 is 0 Å². The SMILES string of the molecule is COc1ccc(S(=O)(=O)N2CC[C@H]3[C@@H](CO)N(C)c4ccc(-c5ccccc5F)cc4[C@H]32)cc1. The summed E-state index contributed by atoms with van der Waals surface area (Å²) in [6.45, 7) is 0.264. The number of aliphatic hydroxyl groups is 1. The number of rotatable bonds is 5. The molecule has 2 aliphatic rings. The van der Waals surface area contributed by atoms with E-state index in [0.29, 0.717) is 29.8 Å². The second-order valence-corrected chi connectivity index (χ2v) is 10.7. The van der Waals surface area contributed by atoms with E-state index >= 15 is 0 Å². The summed E-state index contributed by atoms with van der Waals surface area (Å²) >= 11 is 0. The van der Waals surface area contributed by atoms with Crippen LogP contribution in [0, 0.1) is 11.7 Å². The van der Waals surface area contributed by atoms with Crippen molar-refractivity contribution in [2.75, 3.05) is 32.2 Å². The van der Waals surface area contributed by atoms with E-state index in [2.05, 4.69) is 0 Å². The Labute approximate surface area is 199 Å². The van der Waals surface area contributed by atoms with E-state index in [1.165, 1.54) is 13.2 Å². The minimum absolute atomic E-state index is 0.0808. The molecule has 1 N–H and O–H groups in total. The molecule has 0 bridgehead atoms. The van der Waals surface area contributed by atoms with E-state index in [4.69, 9.17) is 4.74 Å². The van der Waals surface area contributed by atoms with Crippen molar-refractivity contribution in [3.63, 3.8) is 0 Å². The smallest absolute Gasteiger partial charge is 0.243 e. The van der Waals surface area contributed by atoms with Crippen LogP contribution < -0.4 is 9.64 Å². The average molecular weight is 483 g/mol. The topological polar surface area (TPSA) is 70.1 Å². The number of fused-ring (bicyclic) bond motifs is 3. The molecule has 0 unspecified atom stereocenters. The van der Waals surface area contributed by atoms with E-state index < -0.39 is 16.1 Å². The molecule has 2 aliphatic heterocycles. The highest BCUT2D eigenvalue weighted by Gasteiger charge is 2.50. The van der Waals surface area contributed by atoms with Crippen LogP contribution in [0.1, 0.15) is 18.0 Å². The first-order valence-corrected chi connectivity index (χ1v) is 12.7. The average Bonchev–Trinajstić information content (AvgIpc) is 3.30. The largest absolute Gasteiger partial charge is 0.497 e. The van der Waals surface area contributed by atoms with E-state index in [9.17, 15) is 17.9 Å². The van der Waals surface area contributed by atoms with Gasteiger partial charge in [-0.2, -0.15) is 4.31 Å². The number of hydrogen-bond acceptors (Lipinski definition) is 5. The third-order valence-electron chi connectivity index (χ3n) is 7.15. The quantitative estimate of drug-likeness (QED) is 0.594. The maximum Gasteiger partial charge on any atom is 0.243 e. The number of benzene rings is 3. The fourth-order valence-electron chi connectivity index (χ4n) is 5.43. The molecule has 0 spiro atoms. The Morgan fingerprint density at radius 2 is 1.82 bits per heavy atom. The Morgan fingerprint density at radius 1 is 1.09 bits per heavy atom. The molecule has 3 atom stereocenters. The van der Waals surface area contributed by atoms with Crippen molar-refractivity contribution in [3.8, 4) is 16.9 Å². The molecule has 8 heteroatoms. The van der Waals surface area contributed by atoms with Crippen molar-refractivity contribution in [1.29, 1.82) is 0 Å². The van der Waals surface area contributed by atoms with Crippen LogP contribution in [0.4, 0.5) is 10.1 Å². The Balaban J connectivity index is 1.63. The van der Waals surface area contributed by atoms with Crippen molar-refractivity contribution in [2.24, 2.45) is 5.92 Å². The van der Waals surface area contributed by atoms with Gasteiger partial charge in [0.1, 0.15) is 11.6 Å². The first kappa shape index (κ1) is 22.8. The predicted molar refractivity (Wildman–Crippen MR) is 129 cm³/mol. The van der Waals surface area contributed by atoms with Gasteiger partial charge in [-0.3, -0.25) is 0 Å². The molecule has 5 rings (SSSR count). The molecule has 178 valence electrons. The van der Waals surface area contributed by atoms with Gasteiger partial charge in [-0.1, -0.05) is 24.3 Å². The second kappa shape index (κ2) is 8.69. The molecule has 34 heavy (non-hydrogen) atoms. The van der Waals surface area contributed by atoms with Gasteiger partial charge >= 0.3 is 0 Å². The molecule has 6 nitrogen and oxygen atoms in total. The summed E-state index contributed by atoms with van der Waals surface area (Å²) in [6.07, 6.45) is 0.624. The van der Waals surface area contributed by atoms with Gasteiger partial charge in [-0.15, -0.1) is 0 Å². The minimum Gasteiger partial charge on any atom is -0.497 e. The number of aliphatic hydroxyl groups excluding tert-OH is 1. The fourth-order valence-corrected chi connectivity index (χ4v) is 7.09. The van der Waals surface area contributed by atoms with Gasteiger partial charge in [0.15, 0.2) is 0 Å². The van der Waals surface area contributed by atoms with Crippen LogP contribution in [0.25, 0.3) is 11.1 Å². The molecule has 3 aromatic carbocycles. The number of methoxy groups -OCH3 is 1. The molecule has 1 fully saturated rings. The van der Waals surface area contributed by atoms with Crippen LogP contribution in [-0.2, 0) is 10.0 Å². The van der Waals surface area contributed by atoms with Crippen LogP contribution in [0.15, 0.2) is 71.6 Å². The zero-order chi connectivity index (χ0) is 24.0. The number of nitrogens with zero attached hydrogens (tertiary/aromatic N) is 2. The predicted octanol–water partition coefficient (Wildman–Crippen LogP) is 4.06. The Bertz CT molecular complexity index is 1310. The summed E-state index contributed by atoms with van der Waals surface area (Å²) in [5.41, 5.74) is 2.83. The van der Waals surface area contributed by atoms with Crippen molar-refractivity contribution in [3.05, 3.63) is 78.1 Å². The fraction of sp³-hybridized carbons (Fsp3) is 0.308. The number of sulfonamides is 1. The highest BCUT2D eigenvalue weighted by atomic mass is 32.2. The first-order chi connectivity index (χ1) is 16.4. The number of halogens is 1. The summed E-state index contributed by atoms with van der Waals surface area (Å²) in [4.78, 5) is 2.21. The molecular formula is C26H27FN2O4S. The van der Waals surface area contributed by atoms with Gasteiger partial charge in [0.2, 0.25) is 10.0 Å². The lowest BCUT2D eigenvalue weighted by Crippen LogP contribution is -2.48. The standard InChI is InChI=1S/C26H27FN2O4S/c1-28-24-12-7-17(20-5-3-4-6-23(20)27)15-22(24)26-21(25(28)16-30)13-14-29(26)34(31,32)19-10-8-18(33-2)9-11-19/h3-12,15,21,25-26,30H,13-14,16H2,1-2H3/t21-,25+,26-/m0/s1. The van der Waals surface area contributed by atoms with Crippen LogP contribution in [-0.4, -0.2) is 51.2 Å². The van der Waals surface area contributed by atoms with Crippen LogP contribution in [0.2, 0.25) is 0 Å². The van der Waals surface area contributed by atoms with Gasteiger partial charge in [0, 0.05) is 30.8 Å². The van der Waals surface area contributed by atoms with Crippen molar-refractivity contribution >= 4 is 15.7 Å². The number of anilines is 1. The number of hydrogen-bond donors (Lipinski definition) is 1. The maximum atomic E-state index is 14.6.